The highest BCUT2D eigenvalue weighted by molar-refractivity contribution is 5.76. The van der Waals surface area contributed by atoms with Crippen molar-refractivity contribution >= 4 is 11.9 Å². The minimum atomic E-state index is -1.06. The summed E-state index contributed by atoms with van der Waals surface area (Å²) in [4.78, 5) is 24.0. The predicted octanol–water partition coefficient (Wildman–Crippen LogP) is 0.583. The number of nitrogens with zero attached hydrogens (tertiary/aromatic N) is 1. The molecule has 0 bridgehead atoms. The Morgan fingerprint density at radius 3 is 2.32 bits per heavy atom. The number of carbonyl (C=O) groups is 2. The van der Waals surface area contributed by atoms with E-state index in [1.165, 1.54) is 0 Å². The lowest BCUT2D eigenvalue weighted by molar-refractivity contribution is -0.230. The molecule has 0 aliphatic carbocycles. The summed E-state index contributed by atoms with van der Waals surface area (Å²) in [6.45, 7) is 7.19. The summed E-state index contributed by atoms with van der Waals surface area (Å²) in [7, 11) is 1.77. The van der Waals surface area contributed by atoms with Gasteiger partial charge >= 0.3 is 11.9 Å². The van der Waals surface area contributed by atoms with Gasteiger partial charge in [0.1, 0.15) is 0 Å². The molecule has 1 rings (SSSR count). The summed E-state index contributed by atoms with van der Waals surface area (Å²) in [5.74, 6) is -1.67. The molecule has 1 fully saturated rings. The second-order valence-electron chi connectivity index (χ2n) is 6.72. The van der Waals surface area contributed by atoms with Crippen LogP contribution in [0, 0.1) is 5.41 Å². The van der Waals surface area contributed by atoms with Crippen molar-refractivity contribution in [1.29, 1.82) is 0 Å². The first-order valence-corrected chi connectivity index (χ1v) is 7.45. The fraction of sp³-hybridized carbons (Fsp3) is 0.867. The van der Waals surface area contributed by atoms with Crippen LogP contribution in [-0.2, 0) is 14.3 Å². The first kappa shape index (κ1) is 18.9. The van der Waals surface area contributed by atoms with Crippen LogP contribution in [0.25, 0.3) is 0 Å². The smallest absolute Gasteiger partial charge is 0.307 e. The van der Waals surface area contributed by atoms with E-state index in [0.717, 1.165) is 0 Å². The Bertz CT molecular complexity index is 436. The molecule has 1 aliphatic heterocycles. The van der Waals surface area contributed by atoms with E-state index in [4.69, 9.17) is 9.84 Å². The zero-order valence-electron chi connectivity index (χ0n) is 13.9. The highest BCUT2D eigenvalue weighted by atomic mass is 16.6. The lowest BCUT2D eigenvalue weighted by atomic mass is 9.61. The maximum Gasteiger partial charge on any atom is 0.307 e. The van der Waals surface area contributed by atoms with Crippen molar-refractivity contribution in [2.45, 2.75) is 70.9 Å². The zero-order valence-corrected chi connectivity index (χ0v) is 13.9. The Hall–Kier alpha value is -1.18. The van der Waals surface area contributed by atoms with Crippen molar-refractivity contribution in [1.82, 2.24) is 4.90 Å². The maximum atomic E-state index is 11.7. The van der Waals surface area contributed by atoms with Gasteiger partial charge in [-0.25, -0.2) is 0 Å². The fourth-order valence-electron chi connectivity index (χ4n) is 3.08. The molecular weight excluding hydrogens is 290 g/mol. The molecule has 4 atom stereocenters. The van der Waals surface area contributed by atoms with Gasteiger partial charge in [-0.1, -0.05) is 6.92 Å². The Balaban J connectivity index is 2.86. The Labute approximate surface area is 130 Å². The van der Waals surface area contributed by atoms with Crippen molar-refractivity contribution < 1.29 is 29.6 Å². The lowest BCUT2D eigenvalue weighted by Gasteiger charge is -2.59. The molecule has 22 heavy (non-hydrogen) atoms. The molecule has 1 aliphatic rings. The van der Waals surface area contributed by atoms with E-state index in [-0.39, 0.29) is 19.3 Å². The number of rotatable bonds is 5. The maximum absolute atomic E-state index is 11.7. The summed E-state index contributed by atoms with van der Waals surface area (Å²) in [5.41, 5.74) is -1.41. The van der Waals surface area contributed by atoms with Crippen molar-refractivity contribution in [3.8, 4) is 0 Å². The quantitative estimate of drug-likeness (QED) is 0.637. The molecule has 128 valence electrons. The highest BCUT2D eigenvalue weighted by Gasteiger charge is 2.57. The number of ether oxygens (including phenoxy) is 1. The molecule has 0 saturated carbocycles. The molecule has 0 aromatic carbocycles. The highest BCUT2D eigenvalue weighted by Crippen LogP contribution is 2.47. The number of aliphatic hydroxyl groups excluding tert-OH is 2. The van der Waals surface area contributed by atoms with Gasteiger partial charge in [0.15, 0.2) is 6.23 Å². The predicted molar refractivity (Wildman–Crippen MR) is 79.0 cm³/mol. The van der Waals surface area contributed by atoms with Crippen LogP contribution in [0.5, 0.6) is 0 Å². The van der Waals surface area contributed by atoms with Crippen LogP contribution in [0.1, 0.15) is 47.0 Å². The van der Waals surface area contributed by atoms with Crippen molar-refractivity contribution in [2.75, 3.05) is 7.05 Å². The summed E-state index contributed by atoms with van der Waals surface area (Å²) in [6, 6.07) is 0. The normalized spacial score (nSPS) is 33.2. The van der Waals surface area contributed by atoms with Crippen LogP contribution in [0.15, 0.2) is 0 Å². The van der Waals surface area contributed by atoms with Gasteiger partial charge in [-0.3, -0.25) is 14.5 Å². The topological polar surface area (TPSA) is 107 Å². The van der Waals surface area contributed by atoms with Gasteiger partial charge < -0.3 is 20.1 Å². The number of likely N-dealkylation sites (tertiary alicyclic amines) is 1. The number of carboxylic acid groups (broad SMARTS) is 1. The average Bonchev–Trinajstić information content (AvgIpc) is 2.40. The molecule has 0 spiro atoms. The van der Waals surface area contributed by atoms with E-state index in [0.29, 0.717) is 0 Å². The number of piperidine rings is 1. The van der Waals surface area contributed by atoms with Gasteiger partial charge in [0.25, 0.3) is 0 Å². The Kier molecular flexibility index (Phi) is 5.59. The van der Waals surface area contributed by atoms with Crippen LogP contribution in [0.4, 0.5) is 0 Å². The van der Waals surface area contributed by atoms with E-state index in [9.17, 15) is 19.8 Å². The van der Waals surface area contributed by atoms with Gasteiger partial charge in [0.05, 0.1) is 25.0 Å². The van der Waals surface area contributed by atoms with Crippen molar-refractivity contribution in [3.63, 3.8) is 0 Å². The zero-order chi connectivity index (χ0) is 17.3. The van der Waals surface area contributed by atoms with E-state index in [2.05, 4.69) is 0 Å². The average molecular weight is 317 g/mol. The van der Waals surface area contributed by atoms with E-state index in [1.807, 2.05) is 18.7 Å². The van der Waals surface area contributed by atoms with Crippen LogP contribution in [-0.4, -0.2) is 63.2 Å². The number of aliphatic carboxylic acids is 1. The van der Waals surface area contributed by atoms with Gasteiger partial charge in [0, 0.05) is 17.4 Å². The summed E-state index contributed by atoms with van der Waals surface area (Å²) in [6.07, 6.45) is -2.57. The largest absolute Gasteiger partial charge is 0.481 e. The molecule has 0 amide bonds. The van der Waals surface area contributed by atoms with Crippen LogP contribution >= 0.6 is 0 Å². The summed E-state index contributed by atoms with van der Waals surface area (Å²) in [5, 5.41) is 29.2. The molecule has 0 radical (unpaired) electrons. The van der Waals surface area contributed by atoms with Crippen LogP contribution in [0.3, 0.4) is 0 Å². The van der Waals surface area contributed by atoms with Crippen LogP contribution < -0.4 is 0 Å². The third-order valence-electron chi connectivity index (χ3n) is 5.43. The number of carboxylic acids is 1. The van der Waals surface area contributed by atoms with E-state index < -0.39 is 41.3 Å². The van der Waals surface area contributed by atoms with Gasteiger partial charge in [-0.2, -0.15) is 0 Å². The number of esters is 1. The summed E-state index contributed by atoms with van der Waals surface area (Å²) < 4.78 is 5.32. The summed E-state index contributed by atoms with van der Waals surface area (Å²) >= 11 is 0. The minimum absolute atomic E-state index is 0.167. The molecule has 3 N–H and O–H groups in total. The molecule has 7 heteroatoms. The SMILES string of the molecule is CC(O)C1(C)C(O)CC(OC(=O)CCC(=O)O)N(C)C1(C)C. The standard InChI is InChI=1S/C15H27NO6/c1-9(17)15(4)10(18)8-11(16(5)14(15,2)3)22-13(21)7-6-12(19)20/h9-11,17-18H,6-8H2,1-5H3,(H,19,20). The van der Waals surface area contributed by atoms with E-state index >= 15 is 0 Å². The molecular formula is C15H27NO6. The van der Waals surface area contributed by atoms with Gasteiger partial charge in [-0.05, 0) is 27.8 Å². The third-order valence-corrected chi connectivity index (χ3v) is 5.43. The first-order valence-electron chi connectivity index (χ1n) is 7.45. The number of aliphatic hydroxyl groups is 2. The van der Waals surface area contributed by atoms with Gasteiger partial charge in [-0.15, -0.1) is 0 Å². The Morgan fingerprint density at radius 2 is 1.86 bits per heavy atom. The number of hydrogen-bond donors (Lipinski definition) is 3. The minimum Gasteiger partial charge on any atom is -0.481 e. The molecule has 7 nitrogen and oxygen atoms in total. The lowest BCUT2D eigenvalue weighted by Crippen LogP contribution is -2.70. The van der Waals surface area contributed by atoms with Crippen molar-refractivity contribution in [2.24, 2.45) is 5.41 Å². The number of hydrogen-bond acceptors (Lipinski definition) is 6. The third kappa shape index (κ3) is 3.26. The molecule has 4 unspecified atom stereocenters. The molecule has 1 saturated heterocycles. The Morgan fingerprint density at radius 1 is 1.32 bits per heavy atom. The van der Waals surface area contributed by atoms with E-state index in [1.54, 1.807) is 20.9 Å². The second-order valence-corrected chi connectivity index (χ2v) is 6.72. The van der Waals surface area contributed by atoms with Crippen LogP contribution in [0.2, 0.25) is 0 Å². The molecule has 1 heterocycles. The van der Waals surface area contributed by atoms with Gasteiger partial charge in [0.2, 0.25) is 0 Å². The second kappa shape index (κ2) is 6.52. The fourth-order valence-corrected chi connectivity index (χ4v) is 3.08. The molecule has 0 aromatic heterocycles. The number of carbonyl (C=O) groups excluding carboxylic acids is 1. The first-order chi connectivity index (χ1) is 9.94. The van der Waals surface area contributed by atoms with Crippen molar-refractivity contribution in [3.05, 3.63) is 0 Å². The monoisotopic (exact) mass is 317 g/mol. The molecule has 0 aromatic rings.